The van der Waals surface area contributed by atoms with Crippen molar-refractivity contribution in [2.24, 2.45) is 11.7 Å². The van der Waals surface area contributed by atoms with E-state index in [0.717, 1.165) is 13.0 Å². The minimum Gasteiger partial charge on any atom is -0.376 e. The second-order valence-electron chi connectivity index (χ2n) is 6.46. The minimum absolute atomic E-state index is 0.0507. The first-order valence-electron chi connectivity index (χ1n) is 8.72. The van der Waals surface area contributed by atoms with Gasteiger partial charge in [0.2, 0.25) is 11.8 Å². The SMILES string of the molecule is N#C/C(=C/N1CCC(C(N)=O)CC1)C(=O)NCCCN1CCCC1=O. The Kier molecular flexibility index (Phi) is 6.81. The van der Waals surface area contributed by atoms with Gasteiger partial charge >= 0.3 is 0 Å². The average molecular weight is 347 g/mol. The molecule has 2 aliphatic heterocycles. The van der Waals surface area contributed by atoms with E-state index in [1.54, 1.807) is 11.1 Å². The molecular weight excluding hydrogens is 322 g/mol. The smallest absolute Gasteiger partial charge is 0.263 e. The Labute approximate surface area is 147 Å². The molecule has 0 radical (unpaired) electrons. The highest BCUT2D eigenvalue weighted by Gasteiger charge is 2.23. The number of carbonyl (C=O) groups is 3. The van der Waals surface area contributed by atoms with Crippen LogP contribution in [0.25, 0.3) is 0 Å². The molecule has 25 heavy (non-hydrogen) atoms. The van der Waals surface area contributed by atoms with Gasteiger partial charge in [0.25, 0.3) is 5.91 Å². The fraction of sp³-hybridized carbons (Fsp3) is 0.647. The lowest BCUT2D eigenvalue weighted by molar-refractivity contribution is -0.127. The molecule has 8 heteroatoms. The van der Waals surface area contributed by atoms with Crippen molar-refractivity contribution >= 4 is 17.7 Å². The van der Waals surface area contributed by atoms with Crippen LogP contribution >= 0.6 is 0 Å². The second-order valence-corrected chi connectivity index (χ2v) is 6.46. The number of primary amides is 1. The molecule has 0 aromatic carbocycles. The van der Waals surface area contributed by atoms with Crippen molar-refractivity contribution in [3.05, 3.63) is 11.8 Å². The van der Waals surface area contributed by atoms with E-state index < -0.39 is 5.91 Å². The minimum atomic E-state index is -0.410. The van der Waals surface area contributed by atoms with E-state index in [1.807, 2.05) is 11.0 Å². The third-order valence-electron chi connectivity index (χ3n) is 4.67. The predicted molar refractivity (Wildman–Crippen MR) is 90.6 cm³/mol. The van der Waals surface area contributed by atoms with Crippen molar-refractivity contribution in [2.75, 3.05) is 32.7 Å². The zero-order valence-electron chi connectivity index (χ0n) is 14.4. The van der Waals surface area contributed by atoms with Gasteiger partial charge in [0, 0.05) is 51.3 Å². The molecule has 0 unspecified atom stereocenters. The van der Waals surface area contributed by atoms with Crippen LogP contribution in [0.2, 0.25) is 0 Å². The number of likely N-dealkylation sites (tertiary alicyclic amines) is 2. The van der Waals surface area contributed by atoms with E-state index in [2.05, 4.69) is 5.32 Å². The Bertz CT molecular complexity index is 588. The van der Waals surface area contributed by atoms with E-state index in [9.17, 15) is 19.6 Å². The first-order valence-corrected chi connectivity index (χ1v) is 8.72. The molecule has 0 bridgehead atoms. The molecule has 2 rings (SSSR count). The molecule has 8 nitrogen and oxygen atoms in total. The van der Waals surface area contributed by atoms with Crippen molar-refractivity contribution < 1.29 is 14.4 Å². The van der Waals surface area contributed by atoms with Gasteiger partial charge in [0.05, 0.1) is 0 Å². The van der Waals surface area contributed by atoms with Gasteiger partial charge in [-0.25, -0.2) is 0 Å². The molecule has 2 aliphatic rings. The van der Waals surface area contributed by atoms with Gasteiger partial charge in [-0.1, -0.05) is 0 Å². The maximum absolute atomic E-state index is 12.1. The zero-order valence-corrected chi connectivity index (χ0v) is 14.4. The molecule has 0 aromatic rings. The number of nitriles is 1. The summed E-state index contributed by atoms with van der Waals surface area (Å²) in [5, 5.41) is 11.9. The maximum Gasteiger partial charge on any atom is 0.263 e. The maximum atomic E-state index is 12.1. The van der Waals surface area contributed by atoms with Crippen LogP contribution in [0.5, 0.6) is 0 Å². The van der Waals surface area contributed by atoms with Gasteiger partial charge in [0.15, 0.2) is 0 Å². The number of hydrogen-bond donors (Lipinski definition) is 2. The van der Waals surface area contributed by atoms with Gasteiger partial charge in [-0.05, 0) is 25.7 Å². The van der Waals surface area contributed by atoms with E-state index >= 15 is 0 Å². The summed E-state index contributed by atoms with van der Waals surface area (Å²) in [7, 11) is 0. The molecular formula is C17H25N5O3. The molecule has 0 saturated carbocycles. The number of piperidine rings is 1. The van der Waals surface area contributed by atoms with Crippen LogP contribution in [0.1, 0.15) is 32.1 Å². The number of hydrogen-bond acceptors (Lipinski definition) is 5. The van der Waals surface area contributed by atoms with Crippen LogP contribution in [0.4, 0.5) is 0 Å². The zero-order chi connectivity index (χ0) is 18.2. The van der Waals surface area contributed by atoms with Crippen molar-refractivity contribution in [1.82, 2.24) is 15.1 Å². The lowest BCUT2D eigenvalue weighted by Crippen LogP contribution is -2.37. The highest BCUT2D eigenvalue weighted by molar-refractivity contribution is 5.97. The van der Waals surface area contributed by atoms with Crippen LogP contribution in [0.3, 0.4) is 0 Å². The highest BCUT2D eigenvalue weighted by atomic mass is 16.2. The summed E-state index contributed by atoms with van der Waals surface area (Å²) in [5.41, 5.74) is 5.35. The Morgan fingerprint density at radius 1 is 1.32 bits per heavy atom. The van der Waals surface area contributed by atoms with Crippen LogP contribution in [0.15, 0.2) is 11.8 Å². The molecule has 2 heterocycles. The summed E-state index contributed by atoms with van der Waals surface area (Å²) in [6, 6.07) is 1.92. The number of nitrogens with one attached hydrogen (secondary N) is 1. The van der Waals surface area contributed by atoms with E-state index in [-0.39, 0.29) is 23.3 Å². The lowest BCUT2D eigenvalue weighted by atomic mass is 9.96. The second kappa shape index (κ2) is 9.06. The van der Waals surface area contributed by atoms with Crippen LogP contribution in [-0.4, -0.2) is 60.2 Å². The Morgan fingerprint density at radius 3 is 2.60 bits per heavy atom. The summed E-state index contributed by atoms with van der Waals surface area (Å²) in [6.45, 7) is 3.04. The van der Waals surface area contributed by atoms with Crippen LogP contribution < -0.4 is 11.1 Å². The average Bonchev–Trinajstić information content (AvgIpc) is 3.01. The number of nitrogens with zero attached hydrogens (tertiary/aromatic N) is 3. The fourth-order valence-corrected chi connectivity index (χ4v) is 3.14. The number of rotatable bonds is 7. The highest BCUT2D eigenvalue weighted by Crippen LogP contribution is 2.17. The summed E-state index contributed by atoms with van der Waals surface area (Å²) < 4.78 is 0. The number of amides is 3. The monoisotopic (exact) mass is 347 g/mol. The third-order valence-corrected chi connectivity index (χ3v) is 4.67. The van der Waals surface area contributed by atoms with Gasteiger partial charge < -0.3 is 20.9 Å². The third kappa shape index (κ3) is 5.48. The normalized spacial score (nSPS) is 19.0. The predicted octanol–water partition coefficient (Wildman–Crippen LogP) is -0.280. The molecule has 3 amide bonds. The quantitative estimate of drug-likeness (QED) is 0.373. The largest absolute Gasteiger partial charge is 0.376 e. The fourth-order valence-electron chi connectivity index (χ4n) is 3.14. The molecule has 2 saturated heterocycles. The molecule has 0 aromatic heterocycles. The van der Waals surface area contributed by atoms with Crippen molar-refractivity contribution in [3.8, 4) is 6.07 Å². The molecule has 0 atom stereocenters. The first kappa shape index (κ1) is 18.8. The molecule has 0 spiro atoms. The van der Waals surface area contributed by atoms with Crippen LogP contribution in [0, 0.1) is 17.2 Å². The van der Waals surface area contributed by atoms with Crippen molar-refractivity contribution in [3.63, 3.8) is 0 Å². The first-order chi connectivity index (χ1) is 12.0. The Hall–Kier alpha value is -2.56. The summed E-state index contributed by atoms with van der Waals surface area (Å²) in [6.07, 6.45) is 5.00. The van der Waals surface area contributed by atoms with Crippen molar-refractivity contribution in [2.45, 2.75) is 32.1 Å². The van der Waals surface area contributed by atoms with E-state index in [4.69, 9.17) is 5.73 Å². The number of carbonyl (C=O) groups excluding carboxylic acids is 3. The number of nitrogens with two attached hydrogens (primary N) is 1. The van der Waals surface area contributed by atoms with E-state index in [0.29, 0.717) is 51.9 Å². The van der Waals surface area contributed by atoms with E-state index in [1.165, 1.54) is 0 Å². The molecule has 136 valence electrons. The summed E-state index contributed by atoms with van der Waals surface area (Å²) in [4.78, 5) is 38.4. The molecule has 0 aliphatic carbocycles. The van der Waals surface area contributed by atoms with Gasteiger partial charge in [0.1, 0.15) is 11.6 Å². The van der Waals surface area contributed by atoms with Gasteiger partial charge in [-0.2, -0.15) is 5.26 Å². The topological polar surface area (TPSA) is 120 Å². The summed E-state index contributed by atoms with van der Waals surface area (Å²) in [5.74, 6) is -0.661. The van der Waals surface area contributed by atoms with Gasteiger partial charge in [-0.3, -0.25) is 14.4 Å². The lowest BCUT2D eigenvalue weighted by Gasteiger charge is -2.29. The Morgan fingerprint density at radius 2 is 2.04 bits per heavy atom. The standard InChI is InChI=1S/C17H25N5O3/c18-11-14(12-21-9-4-13(5-10-21)16(19)24)17(25)20-6-2-8-22-7-1-3-15(22)23/h12-13H,1-10H2,(H2,19,24)(H,20,25)/b14-12-. The Balaban J connectivity index is 1.74. The summed E-state index contributed by atoms with van der Waals surface area (Å²) >= 11 is 0. The molecule has 2 fully saturated rings. The van der Waals surface area contributed by atoms with Crippen molar-refractivity contribution in [1.29, 1.82) is 5.26 Å². The van der Waals surface area contributed by atoms with Gasteiger partial charge in [-0.15, -0.1) is 0 Å². The molecule has 3 N–H and O–H groups in total. The van der Waals surface area contributed by atoms with Crippen LogP contribution in [-0.2, 0) is 14.4 Å².